The van der Waals surface area contributed by atoms with Gasteiger partial charge >= 0.3 is 18.2 Å². The second kappa shape index (κ2) is 6.63. The van der Waals surface area contributed by atoms with Gasteiger partial charge in [0.25, 0.3) is 0 Å². The number of carboxylic acid groups (broad SMARTS) is 1. The van der Waals surface area contributed by atoms with Crippen LogP contribution < -0.4 is 5.32 Å². The van der Waals surface area contributed by atoms with Crippen LogP contribution >= 0.6 is 0 Å². The molecule has 0 aromatic rings. The van der Waals surface area contributed by atoms with Gasteiger partial charge in [-0.05, 0) is 13.3 Å². The van der Waals surface area contributed by atoms with E-state index >= 15 is 0 Å². The van der Waals surface area contributed by atoms with Gasteiger partial charge in [-0.25, -0.2) is 9.59 Å². The highest BCUT2D eigenvalue weighted by atomic mass is 19.4. The van der Waals surface area contributed by atoms with Crippen molar-refractivity contribution in [3.63, 3.8) is 0 Å². The van der Waals surface area contributed by atoms with E-state index in [1.165, 1.54) is 14.0 Å². The third-order valence-corrected chi connectivity index (χ3v) is 2.68. The normalized spacial score (nSPS) is 14.6. The van der Waals surface area contributed by atoms with E-state index in [0.29, 0.717) is 6.42 Å². The fraction of sp³-hybridized carbons (Fsp3) is 0.818. The van der Waals surface area contributed by atoms with Crippen molar-refractivity contribution in [3.05, 3.63) is 0 Å². The number of nitrogens with zero attached hydrogens (tertiary/aromatic N) is 1. The Bertz CT molecular complexity index is 334. The molecule has 0 aromatic heterocycles. The molecule has 1 unspecified atom stereocenters. The van der Waals surface area contributed by atoms with E-state index < -0.39 is 36.7 Å². The molecule has 8 heteroatoms. The van der Waals surface area contributed by atoms with E-state index in [0.717, 1.165) is 4.90 Å². The maximum absolute atomic E-state index is 12.0. The molecule has 0 aromatic carbocycles. The van der Waals surface area contributed by atoms with E-state index in [1.807, 2.05) is 0 Å². The molecule has 0 rings (SSSR count). The number of rotatable bonds is 6. The van der Waals surface area contributed by atoms with Crippen LogP contribution in [0.25, 0.3) is 0 Å². The Morgan fingerprint density at radius 2 is 1.79 bits per heavy atom. The highest BCUT2D eigenvalue weighted by Crippen LogP contribution is 2.19. The van der Waals surface area contributed by atoms with Crippen LogP contribution in [0.5, 0.6) is 0 Å². The number of nitrogens with one attached hydrogen (secondary N) is 1. The van der Waals surface area contributed by atoms with Crippen LogP contribution in [-0.2, 0) is 4.79 Å². The summed E-state index contributed by atoms with van der Waals surface area (Å²) in [5.41, 5.74) is -1.47. The Kier molecular flexibility index (Phi) is 6.11. The van der Waals surface area contributed by atoms with E-state index in [2.05, 4.69) is 5.32 Å². The average Bonchev–Trinajstić information content (AvgIpc) is 2.24. The van der Waals surface area contributed by atoms with Crippen LogP contribution in [0.1, 0.15) is 33.1 Å². The molecule has 0 saturated carbocycles. The van der Waals surface area contributed by atoms with E-state index in [4.69, 9.17) is 5.11 Å². The number of carbonyl (C=O) groups is 2. The summed E-state index contributed by atoms with van der Waals surface area (Å²) in [5.74, 6) is -1.22. The number of hydrogen-bond acceptors (Lipinski definition) is 2. The van der Waals surface area contributed by atoms with Gasteiger partial charge in [-0.2, -0.15) is 13.2 Å². The van der Waals surface area contributed by atoms with Crippen molar-refractivity contribution >= 4 is 12.0 Å². The molecular weight excluding hydrogens is 265 g/mol. The first-order valence-corrected chi connectivity index (χ1v) is 5.85. The number of carboxylic acids is 1. The van der Waals surface area contributed by atoms with Crippen molar-refractivity contribution in [2.75, 3.05) is 13.6 Å². The highest BCUT2D eigenvalue weighted by Gasteiger charge is 2.35. The van der Waals surface area contributed by atoms with Crippen molar-refractivity contribution in [1.29, 1.82) is 0 Å². The van der Waals surface area contributed by atoms with Gasteiger partial charge in [-0.3, -0.25) is 0 Å². The van der Waals surface area contributed by atoms with E-state index in [1.54, 1.807) is 6.92 Å². The van der Waals surface area contributed by atoms with E-state index in [-0.39, 0.29) is 6.42 Å². The number of aliphatic carboxylic acids is 1. The molecular formula is C11H19F3N2O3. The summed E-state index contributed by atoms with van der Waals surface area (Å²) < 4.78 is 36.0. The predicted octanol–water partition coefficient (Wildman–Crippen LogP) is 2.22. The lowest BCUT2D eigenvalue weighted by Gasteiger charge is -2.29. The SMILES string of the molecule is CCCC(C)(NC(=O)N(C)CCC(F)(F)F)C(=O)O. The van der Waals surface area contributed by atoms with Crippen molar-refractivity contribution < 1.29 is 27.9 Å². The Morgan fingerprint density at radius 1 is 1.26 bits per heavy atom. The second-order valence-electron chi connectivity index (χ2n) is 4.60. The van der Waals surface area contributed by atoms with Crippen LogP contribution in [-0.4, -0.2) is 47.3 Å². The number of carbonyl (C=O) groups excluding carboxylic acids is 1. The maximum Gasteiger partial charge on any atom is 0.390 e. The minimum Gasteiger partial charge on any atom is -0.480 e. The van der Waals surface area contributed by atoms with Crippen molar-refractivity contribution in [3.8, 4) is 0 Å². The minimum atomic E-state index is -4.35. The predicted molar refractivity (Wildman–Crippen MR) is 62.8 cm³/mol. The number of alkyl halides is 3. The van der Waals surface area contributed by atoms with Gasteiger partial charge in [0.2, 0.25) is 0 Å². The summed E-state index contributed by atoms with van der Waals surface area (Å²) in [6, 6.07) is -0.831. The van der Waals surface area contributed by atoms with Crippen molar-refractivity contribution in [2.24, 2.45) is 0 Å². The molecule has 1 atom stereocenters. The zero-order valence-electron chi connectivity index (χ0n) is 11.2. The Labute approximate surface area is 109 Å². The summed E-state index contributed by atoms with van der Waals surface area (Å²) in [6.07, 6.45) is -4.76. The Balaban J connectivity index is 4.53. The molecule has 0 spiro atoms. The summed E-state index contributed by atoms with van der Waals surface area (Å²) in [5, 5.41) is 11.3. The molecule has 5 nitrogen and oxygen atoms in total. The summed E-state index contributed by atoms with van der Waals surface area (Å²) in [4.78, 5) is 23.5. The molecule has 0 bridgehead atoms. The lowest BCUT2D eigenvalue weighted by molar-refractivity contribution is -0.144. The summed E-state index contributed by atoms with van der Waals surface area (Å²) in [7, 11) is 1.19. The van der Waals surface area contributed by atoms with Gasteiger partial charge in [0.05, 0.1) is 6.42 Å². The molecule has 2 amide bonds. The second-order valence-corrected chi connectivity index (χ2v) is 4.60. The fourth-order valence-electron chi connectivity index (χ4n) is 1.45. The summed E-state index contributed by atoms with van der Waals surface area (Å²) in [6.45, 7) is 2.56. The molecule has 0 fully saturated rings. The quantitative estimate of drug-likeness (QED) is 0.785. The smallest absolute Gasteiger partial charge is 0.390 e. The van der Waals surface area contributed by atoms with Gasteiger partial charge < -0.3 is 15.3 Å². The zero-order chi connectivity index (χ0) is 15.3. The zero-order valence-corrected chi connectivity index (χ0v) is 11.2. The Morgan fingerprint density at radius 3 is 2.16 bits per heavy atom. The molecule has 0 aliphatic carbocycles. The van der Waals surface area contributed by atoms with Crippen molar-refractivity contribution in [1.82, 2.24) is 10.2 Å². The molecule has 0 aliphatic rings. The van der Waals surface area contributed by atoms with Crippen LogP contribution in [0.15, 0.2) is 0 Å². The lowest BCUT2D eigenvalue weighted by Crippen LogP contribution is -2.55. The first-order chi connectivity index (χ1) is 8.52. The number of urea groups is 1. The first-order valence-electron chi connectivity index (χ1n) is 5.85. The fourth-order valence-corrected chi connectivity index (χ4v) is 1.45. The van der Waals surface area contributed by atoms with E-state index in [9.17, 15) is 22.8 Å². The Hall–Kier alpha value is -1.47. The van der Waals surface area contributed by atoms with Crippen LogP contribution in [0.3, 0.4) is 0 Å². The monoisotopic (exact) mass is 284 g/mol. The maximum atomic E-state index is 12.0. The molecule has 0 aliphatic heterocycles. The number of amides is 2. The van der Waals surface area contributed by atoms with Crippen LogP contribution in [0.4, 0.5) is 18.0 Å². The van der Waals surface area contributed by atoms with Crippen molar-refractivity contribution in [2.45, 2.75) is 44.8 Å². The molecule has 2 N–H and O–H groups in total. The molecule has 0 saturated heterocycles. The van der Waals surface area contributed by atoms with Gasteiger partial charge in [0.15, 0.2) is 0 Å². The van der Waals surface area contributed by atoms with Gasteiger partial charge in [0, 0.05) is 13.6 Å². The largest absolute Gasteiger partial charge is 0.480 e. The summed E-state index contributed by atoms with van der Waals surface area (Å²) >= 11 is 0. The number of hydrogen-bond donors (Lipinski definition) is 2. The van der Waals surface area contributed by atoms with Gasteiger partial charge in [0.1, 0.15) is 5.54 Å². The third-order valence-electron chi connectivity index (χ3n) is 2.68. The molecule has 0 heterocycles. The minimum absolute atomic E-state index is 0.196. The number of halogens is 3. The molecule has 112 valence electrons. The van der Waals surface area contributed by atoms with Crippen LogP contribution in [0, 0.1) is 0 Å². The molecule has 19 heavy (non-hydrogen) atoms. The average molecular weight is 284 g/mol. The van der Waals surface area contributed by atoms with Gasteiger partial charge in [-0.1, -0.05) is 13.3 Å². The standard InChI is InChI=1S/C11H19F3N2O3/c1-4-5-10(2,8(17)18)15-9(19)16(3)7-6-11(12,13)14/h4-7H2,1-3H3,(H,15,19)(H,17,18). The van der Waals surface area contributed by atoms with Crippen LogP contribution in [0.2, 0.25) is 0 Å². The third kappa shape index (κ3) is 6.30. The lowest BCUT2D eigenvalue weighted by atomic mass is 9.96. The first kappa shape index (κ1) is 17.5. The molecule has 0 radical (unpaired) electrons. The highest BCUT2D eigenvalue weighted by molar-refractivity contribution is 5.85. The van der Waals surface area contributed by atoms with Gasteiger partial charge in [-0.15, -0.1) is 0 Å². The topological polar surface area (TPSA) is 69.6 Å².